The number of ether oxygens (including phenoxy) is 1. The number of nitrogens with zero attached hydrogens (tertiary/aromatic N) is 6. The Bertz CT molecular complexity index is 1570. The molecule has 13 heteroatoms. The lowest BCUT2D eigenvalue weighted by Crippen LogP contribution is -2.63. The van der Waals surface area contributed by atoms with Gasteiger partial charge in [0.05, 0.1) is 13.2 Å². The van der Waals surface area contributed by atoms with Gasteiger partial charge in [-0.05, 0) is 43.3 Å². The molecule has 2 aromatic carbocycles. The molecule has 6 rings (SSSR count). The number of aryl methyl sites for hydroxylation is 1. The Kier molecular flexibility index (Phi) is 9.19. The van der Waals surface area contributed by atoms with Gasteiger partial charge in [0.1, 0.15) is 16.8 Å². The van der Waals surface area contributed by atoms with Gasteiger partial charge in [0.15, 0.2) is 0 Å². The number of anilines is 3. The molecule has 0 aliphatic carbocycles. The summed E-state index contributed by atoms with van der Waals surface area (Å²) in [5.74, 6) is 0.371. The van der Waals surface area contributed by atoms with Crippen molar-refractivity contribution >= 4 is 39.2 Å². The average molecular weight is 634 g/mol. The van der Waals surface area contributed by atoms with E-state index in [4.69, 9.17) is 4.74 Å². The molecule has 4 heterocycles. The number of para-hydroxylation sites is 1. The number of aromatic nitrogens is 1. The third-order valence-electron chi connectivity index (χ3n) is 8.58. The maximum atomic E-state index is 14.1. The molecular formula is C32H39N7O5S. The summed E-state index contributed by atoms with van der Waals surface area (Å²) < 4.78 is 34.8. The molecule has 3 saturated heterocycles. The number of pyridine rings is 1. The number of benzene rings is 2. The fourth-order valence-electron chi connectivity index (χ4n) is 5.95. The quantitative estimate of drug-likeness (QED) is 0.440. The van der Waals surface area contributed by atoms with E-state index in [9.17, 15) is 18.0 Å². The predicted molar refractivity (Wildman–Crippen MR) is 172 cm³/mol. The van der Waals surface area contributed by atoms with Crippen molar-refractivity contribution in [3.8, 4) is 0 Å². The lowest BCUT2D eigenvalue weighted by atomic mass is 10.1. The number of urea groups is 1. The summed E-state index contributed by atoms with van der Waals surface area (Å²) in [4.78, 5) is 39.4. The second kappa shape index (κ2) is 13.4. The first-order chi connectivity index (χ1) is 21.8. The Labute approximate surface area is 264 Å². The molecule has 45 heavy (non-hydrogen) atoms. The highest BCUT2D eigenvalue weighted by atomic mass is 32.2. The standard InChI is InChI=1S/C32H39N7O5S/c1-25-7-9-26(10-8-25)34-32(41)38-17-18-39(45(42,43)28-11-12-30(33-23-28)36-19-21-44-22-20-36)29(24-38)31(40)37-15-13-35(14-16-37)27-5-3-2-4-6-27/h2-12,23,29H,13-22,24H2,1H3,(H,34,41). The van der Waals surface area contributed by atoms with Crippen LogP contribution in [0.15, 0.2) is 77.8 Å². The first-order valence-corrected chi connectivity index (χ1v) is 16.8. The van der Waals surface area contributed by atoms with Crippen molar-refractivity contribution in [3.63, 3.8) is 0 Å². The second-order valence-corrected chi connectivity index (χ2v) is 13.4. The molecule has 0 saturated carbocycles. The van der Waals surface area contributed by atoms with Crippen LogP contribution in [0.5, 0.6) is 0 Å². The molecule has 1 atom stereocenters. The Morgan fingerprint density at radius 2 is 1.49 bits per heavy atom. The fraction of sp³-hybridized carbons (Fsp3) is 0.406. The normalized spacial score (nSPS) is 19.8. The van der Waals surface area contributed by atoms with E-state index in [1.165, 1.54) is 15.4 Å². The minimum absolute atomic E-state index is 0.0174. The predicted octanol–water partition coefficient (Wildman–Crippen LogP) is 2.48. The van der Waals surface area contributed by atoms with E-state index < -0.39 is 16.1 Å². The highest BCUT2D eigenvalue weighted by Crippen LogP contribution is 2.26. The van der Waals surface area contributed by atoms with Crippen LogP contribution in [0.1, 0.15) is 5.56 Å². The number of hydrogen-bond acceptors (Lipinski definition) is 8. The van der Waals surface area contributed by atoms with Crippen LogP contribution in [0.3, 0.4) is 0 Å². The fourth-order valence-corrected chi connectivity index (χ4v) is 7.46. The van der Waals surface area contributed by atoms with Crippen molar-refractivity contribution in [2.45, 2.75) is 17.9 Å². The van der Waals surface area contributed by atoms with Crippen LogP contribution in [-0.2, 0) is 19.6 Å². The van der Waals surface area contributed by atoms with E-state index in [0.717, 1.165) is 11.3 Å². The van der Waals surface area contributed by atoms with Crippen molar-refractivity contribution in [1.29, 1.82) is 0 Å². The lowest BCUT2D eigenvalue weighted by Gasteiger charge is -2.43. The summed E-state index contributed by atoms with van der Waals surface area (Å²) in [6, 6.07) is 19.2. The van der Waals surface area contributed by atoms with Crippen molar-refractivity contribution in [2.24, 2.45) is 0 Å². The van der Waals surface area contributed by atoms with Gasteiger partial charge in [-0.15, -0.1) is 0 Å². The molecule has 0 radical (unpaired) electrons. The van der Waals surface area contributed by atoms with Crippen LogP contribution in [0, 0.1) is 6.92 Å². The molecule has 0 bridgehead atoms. The van der Waals surface area contributed by atoms with Crippen molar-refractivity contribution in [1.82, 2.24) is 19.1 Å². The number of amides is 3. The molecule has 1 N–H and O–H groups in total. The Morgan fingerprint density at radius 1 is 0.800 bits per heavy atom. The molecule has 3 fully saturated rings. The molecule has 3 aliphatic heterocycles. The third-order valence-corrected chi connectivity index (χ3v) is 10.5. The third kappa shape index (κ3) is 6.90. The molecule has 0 spiro atoms. The van der Waals surface area contributed by atoms with Crippen LogP contribution in [0.25, 0.3) is 0 Å². The van der Waals surface area contributed by atoms with E-state index in [1.54, 1.807) is 17.0 Å². The first-order valence-electron chi connectivity index (χ1n) is 15.3. The summed E-state index contributed by atoms with van der Waals surface area (Å²) in [5.41, 5.74) is 2.78. The van der Waals surface area contributed by atoms with Gasteiger partial charge in [0.2, 0.25) is 15.9 Å². The number of sulfonamides is 1. The summed E-state index contributed by atoms with van der Waals surface area (Å²) >= 11 is 0. The minimum Gasteiger partial charge on any atom is -0.378 e. The lowest BCUT2D eigenvalue weighted by molar-refractivity contribution is -0.137. The SMILES string of the molecule is Cc1ccc(NC(=O)N2CCN(S(=O)(=O)c3ccc(N4CCOCC4)nc3)C(C(=O)N3CCN(c4ccccc4)CC3)C2)cc1. The van der Waals surface area contributed by atoms with Crippen LogP contribution in [0.4, 0.5) is 22.0 Å². The van der Waals surface area contributed by atoms with Gasteiger partial charge >= 0.3 is 6.03 Å². The Morgan fingerprint density at radius 3 is 2.16 bits per heavy atom. The molecule has 12 nitrogen and oxygen atoms in total. The zero-order chi connectivity index (χ0) is 31.4. The molecular weight excluding hydrogens is 594 g/mol. The van der Waals surface area contributed by atoms with E-state index >= 15 is 0 Å². The van der Waals surface area contributed by atoms with Crippen molar-refractivity contribution in [3.05, 3.63) is 78.5 Å². The van der Waals surface area contributed by atoms with Gasteiger partial charge in [-0.25, -0.2) is 18.2 Å². The van der Waals surface area contributed by atoms with E-state index in [-0.39, 0.29) is 36.5 Å². The smallest absolute Gasteiger partial charge is 0.321 e. The highest BCUT2D eigenvalue weighted by Gasteiger charge is 2.43. The number of morpholine rings is 1. The zero-order valence-corrected chi connectivity index (χ0v) is 26.2. The number of rotatable bonds is 6. The Balaban J connectivity index is 1.21. The van der Waals surface area contributed by atoms with Crippen LogP contribution in [-0.4, -0.2) is 118 Å². The maximum Gasteiger partial charge on any atom is 0.321 e. The van der Waals surface area contributed by atoms with Crippen molar-refractivity contribution < 1.29 is 22.7 Å². The zero-order valence-electron chi connectivity index (χ0n) is 25.4. The van der Waals surface area contributed by atoms with E-state index in [1.807, 2.05) is 66.4 Å². The summed E-state index contributed by atoms with van der Waals surface area (Å²) in [7, 11) is -4.10. The second-order valence-electron chi connectivity index (χ2n) is 11.5. The van der Waals surface area contributed by atoms with Gasteiger partial charge in [-0.2, -0.15) is 4.31 Å². The molecule has 3 aliphatic rings. The van der Waals surface area contributed by atoms with Crippen LogP contribution in [0.2, 0.25) is 0 Å². The first kappa shape index (κ1) is 30.8. The summed E-state index contributed by atoms with van der Waals surface area (Å²) in [6.07, 6.45) is 1.36. The molecule has 1 aromatic heterocycles. The Hall–Kier alpha value is -4.20. The van der Waals surface area contributed by atoms with Gasteiger partial charge in [0.25, 0.3) is 0 Å². The van der Waals surface area contributed by atoms with Gasteiger partial charge in [-0.1, -0.05) is 35.9 Å². The van der Waals surface area contributed by atoms with Crippen molar-refractivity contribution in [2.75, 3.05) is 87.2 Å². The number of carbonyl (C=O) groups excluding carboxylic acids is 2. The summed E-state index contributed by atoms with van der Waals surface area (Å²) in [5, 5.41) is 2.89. The van der Waals surface area contributed by atoms with Gasteiger partial charge in [-0.3, -0.25) is 4.79 Å². The molecule has 3 aromatic rings. The van der Waals surface area contributed by atoms with E-state index in [2.05, 4.69) is 15.2 Å². The van der Waals surface area contributed by atoms with Gasteiger partial charge in [0, 0.05) is 76.5 Å². The largest absolute Gasteiger partial charge is 0.378 e. The number of piperazine rings is 2. The number of nitrogens with one attached hydrogen (secondary N) is 1. The topological polar surface area (TPSA) is 119 Å². The molecule has 1 unspecified atom stereocenters. The highest BCUT2D eigenvalue weighted by molar-refractivity contribution is 7.89. The number of carbonyl (C=O) groups is 2. The molecule has 238 valence electrons. The maximum absolute atomic E-state index is 14.1. The minimum atomic E-state index is -4.10. The van der Waals surface area contributed by atoms with Crippen LogP contribution >= 0.6 is 0 Å². The monoisotopic (exact) mass is 633 g/mol. The van der Waals surface area contributed by atoms with Crippen LogP contribution < -0.4 is 15.1 Å². The summed E-state index contributed by atoms with van der Waals surface area (Å²) in [6.45, 7) is 6.71. The average Bonchev–Trinajstić information content (AvgIpc) is 3.09. The molecule has 3 amide bonds. The van der Waals surface area contributed by atoms with E-state index in [0.29, 0.717) is 64.0 Å². The number of hydrogen-bond donors (Lipinski definition) is 1. The van der Waals surface area contributed by atoms with Gasteiger partial charge < -0.3 is 29.7 Å².